The average molecular weight is 389 g/mol. The lowest BCUT2D eigenvalue weighted by atomic mass is 9.98. The smallest absolute Gasteiger partial charge is 0.290 e. The molecule has 1 amide bonds. The van der Waals surface area contributed by atoms with E-state index in [-0.39, 0.29) is 33.5 Å². The van der Waals surface area contributed by atoms with E-state index in [9.17, 15) is 15.0 Å². The van der Waals surface area contributed by atoms with Crippen molar-refractivity contribution in [2.45, 2.75) is 6.92 Å². The van der Waals surface area contributed by atoms with Crippen molar-refractivity contribution in [2.75, 3.05) is 13.7 Å². The van der Waals surface area contributed by atoms with Gasteiger partial charge in [-0.15, -0.1) is 0 Å². The lowest BCUT2D eigenvalue weighted by Gasteiger charge is -2.08. The highest BCUT2D eigenvalue weighted by molar-refractivity contribution is 6.32. The predicted molar refractivity (Wildman–Crippen MR) is 100 cm³/mol. The monoisotopic (exact) mass is 388 g/mol. The largest absolute Gasteiger partial charge is 0.507 e. The summed E-state index contributed by atoms with van der Waals surface area (Å²) in [7, 11) is 1.55. The number of phenolic OH excluding ortho intramolecular Hbond substituents is 2. The maximum Gasteiger partial charge on any atom is 0.290 e. The van der Waals surface area contributed by atoms with Gasteiger partial charge in [-0.05, 0) is 30.7 Å². The fourth-order valence-electron chi connectivity index (χ4n) is 2.64. The van der Waals surface area contributed by atoms with Crippen molar-refractivity contribution in [2.24, 2.45) is 0 Å². The first-order valence-electron chi connectivity index (χ1n) is 8.10. The molecule has 140 valence electrons. The number of nitrogens with one attached hydrogen (secondary N) is 1. The Morgan fingerprint density at radius 3 is 2.56 bits per heavy atom. The highest BCUT2D eigenvalue weighted by atomic mass is 35.5. The van der Waals surface area contributed by atoms with Gasteiger partial charge in [0.2, 0.25) is 5.76 Å². The molecule has 0 aliphatic rings. The predicted octanol–water partition coefficient (Wildman–Crippen LogP) is 3.83. The van der Waals surface area contributed by atoms with E-state index in [1.807, 2.05) is 0 Å². The van der Waals surface area contributed by atoms with Crippen LogP contribution in [0.25, 0.3) is 22.4 Å². The Morgan fingerprint density at radius 2 is 1.93 bits per heavy atom. The van der Waals surface area contributed by atoms with E-state index in [0.717, 1.165) is 6.07 Å². The van der Waals surface area contributed by atoms with Gasteiger partial charge in [0, 0.05) is 18.2 Å². The van der Waals surface area contributed by atoms with E-state index in [1.165, 1.54) is 6.07 Å². The summed E-state index contributed by atoms with van der Waals surface area (Å²) in [6.07, 6.45) is 0. The third-order valence-corrected chi connectivity index (χ3v) is 4.24. The number of benzene rings is 2. The van der Waals surface area contributed by atoms with Crippen molar-refractivity contribution in [3.63, 3.8) is 0 Å². The number of phenols is 2. The summed E-state index contributed by atoms with van der Waals surface area (Å²) in [6.45, 7) is 2.20. The van der Waals surface area contributed by atoms with Crippen LogP contribution in [-0.2, 0) is 0 Å². The molecule has 2 aromatic carbocycles. The molecule has 0 atom stereocenters. The van der Waals surface area contributed by atoms with Gasteiger partial charge in [0.25, 0.3) is 5.91 Å². The maximum atomic E-state index is 12.4. The van der Waals surface area contributed by atoms with Gasteiger partial charge in [-0.2, -0.15) is 0 Å². The molecule has 0 bridgehead atoms. The fourth-order valence-corrected chi connectivity index (χ4v) is 2.80. The molecule has 8 heteroatoms. The number of hydrogen-bond donors (Lipinski definition) is 3. The third kappa shape index (κ3) is 3.54. The van der Waals surface area contributed by atoms with Crippen LogP contribution in [0.4, 0.5) is 0 Å². The number of aromatic nitrogens is 1. The molecular formula is C19H17ClN2O5. The Kier molecular flexibility index (Phi) is 5.23. The van der Waals surface area contributed by atoms with E-state index >= 15 is 0 Å². The number of rotatable bonds is 5. The van der Waals surface area contributed by atoms with Crippen molar-refractivity contribution in [3.8, 4) is 39.6 Å². The van der Waals surface area contributed by atoms with Gasteiger partial charge in [-0.25, -0.2) is 0 Å². The Hall–Kier alpha value is -3.19. The topological polar surface area (TPSA) is 105 Å². The molecule has 0 fully saturated rings. The van der Waals surface area contributed by atoms with Crippen molar-refractivity contribution >= 4 is 17.5 Å². The van der Waals surface area contributed by atoms with E-state index in [4.69, 9.17) is 20.9 Å². The third-order valence-electron chi connectivity index (χ3n) is 3.93. The summed E-state index contributed by atoms with van der Waals surface area (Å²) in [6, 6.07) is 9.43. The molecule has 3 rings (SSSR count). The summed E-state index contributed by atoms with van der Waals surface area (Å²) >= 11 is 5.98. The SMILES string of the molecule is CCNC(=O)c1onc(-c2cc(Cl)c(O)cc2O)c1-c1ccc(OC)cc1. The Bertz CT molecular complexity index is 983. The zero-order valence-corrected chi connectivity index (χ0v) is 15.4. The molecule has 3 N–H and O–H groups in total. The summed E-state index contributed by atoms with van der Waals surface area (Å²) < 4.78 is 10.5. The van der Waals surface area contributed by atoms with Crippen LogP contribution in [0.5, 0.6) is 17.2 Å². The van der Waals surface area contributed by atoms with E-state index in [2.05, 4.69) is 10.5 Å². The zero-order chi connectivity index (χ0) is 19.6. The van der Waals surface area contributed by atoms with Crippen molar-refractivity contribution in [1.82, 2.24) is 10.5 Å². The molecule has 7 nitrogen and oxygen atoms in total. The number of carbonyl (C=O) groups excluding carboxylic acids is 1. The molecule has 0 unspecified atom stereocenters. The first-order valence-corrected chi connectivity index (χ1v) is 8.48. The van der Waals surface area contributed by atoms with Gasteiger partial charge in [-0.1, -0.05) is 28.9 Å². The lowest BCUT2D eigenvalue weighted by Crippen LogP contribution is -2.22. The van der Waals surface area contributed by atoms with E-state index < -0.39 is 5.91 Å². The number of hydrogen-bond acceptors (Lipinski definition) is 6. The molecule has 1 aromatic heterocycles. The second-order valence-electron chi connectivity index (χ2n) is 5.64. The second-order valence-corrected chi connectivity index (χ2v) is 6.05. The van der Waals surface area contributed by atoms with Crippen LogP contribution in [0.2, 0.25) is 5.02 Å². The van der Waals surface area contributed by atoms with E-state index in [1.54, 1.807) is 38.3 Å². The maximum absolute atomic E-state index is 12.4. The Labute approximate surface area is 160 Å². The number of aromatic hydroxyl groups is 2. The number of nitrogens with zero attached hydrogens (tertiary/aromatic N) is 1. The standard InChI is InChI=1S/C19H17ClN2O5/c1-3-21-19(25)18-16(10-4-6-11(26-2)7-5-10)17(22-27-18)12-8-13(20)15(24)9-14(12)23/h4-9,23-24H,3H2,1-2H3,(H,21,25). The Balaban J connectivity index is 2.23. The van der Waals surface area contributed by atoms with Crippen LogP contribution in [0.15, 0.2) is 40.9 Å². The molecule has 27 heavy (non-hydrogen) atoms. The van der Waals surface area contributed by atoms with Crippen molar-refractivity contribution in [3.05, 3.63) is 47.2 Å². The number of amides is 1. The summed E-state index contributed by atoms with van der Waals surface area (Å²) in [5, 5.41) is 26.6. The first-order chi connectivity index (χ1) is 13.0. The quantitative estimate of drug-likeness (QED) is 0.613. The number of halogens is 1. The minimum Gasteiger partial charge on any atom is -0.507 e. The van der Waals surface area contributed by atoms with Crippen LogP contribution < -0.4 is 10.1 Å². The molecule has 1 heterocycles. The van der Waals surface area contributed by atoms with Gasteiger partial charge in [0.15, 0.2) is 0 Å². The van der Waals surface area contributed by atoms with Crippen LogP contribution in [0.1, 0.15) is 17.5 Å². The minimum absolute atomic E-state index is 0.000569. The van der Waals surface area contributed by atoms with Gasteiger partial charge in [0.05, 0.1) is 17.7 Å². The molecule has 3 aromatic rings. The number of carbonyl (C=O) groups is 1. The van der Waals surface area contributed by atoms with Crippen molar-refractivity contribution in [1.29, 1.82) is 0 Å². The number of methoxy groups -OCH3 is 1. The molecule has 0 aliphatic heterocycles. The molecule has 0 spiro atoms. The number of ether oxygens (including phenoxy) is 1. The first kappa shape index (κ1) is 18.6. The van der Waals surface area contributed by atoms with Crippen LogP contribution in [0, 0.1) is 0 Å². The zero-order valence-electron chi connectivity index (χ0n) is 14.6. The normalized spacial score (nSPS) is 10.6. The minimum atomic E-state index is -0.438. The second kappa shape index (κ2) is 7.59. The van der Waals surface area contributed by atoms with Gasteiger partial charge < -0.3 is 24.8 Å². The average Bonchev–Trinajstić information content (AvgIpc) is 3.10. The molecule has 0 saturated heterocycles. The van der Waals surface area contributed by atoms with E-state index in [0.29, 0.717) is 23.4 Å². The van der Waals surface area contributed by atoms with Gasteiger partial charge in [0.1, 0.15) is 22.9 Å². The molecule has 0 aliphatic carbocycles. The van der Waals surface area contributed by atoms with Crippen molar-refractivity contribution < 1.29 is 24.3 Å². The molecular weight excluding hydrogens is 372 g/mol. The summed E-state index contributed by atoms with van der Waals surface area (Å²) in [5.74, 6) is -0.308. The highest BCUT2D eigenvalue weighted by Gasteiger charge is 2.26. The summed E-state index contributed by atoms with van der Waals surface area (Å²) in [5.41, 5.74) is 1.47. The molecule has 0 radical (unpaired) electrons. The fraction of sp³-hybridized carbons (Fsp3) is 0.158. The van der Waals surface area contributed by atoms with Crippen LogP contribution in [-0.4, -0.2) is 34.9 Å². The highest BCUT2D eigenvalue weighted by Crippen LogP contribution is 2.42. The van der Waals surface area contributed by atoms with Crippen LogP contribution >= 0.6 is 11.6 Å². The van der Waals surface area contributed by atoms with Crippen LogP contribution in [0.3, 0.4) is 0 Å². The Morgan fingerprint density at radius 1 is 1.22 bits per heavy atom. The van der Waals surface area contributed by atoms with Gasteiger partial charge >= 0.3 is 0 Å². The van der Waals surface area contributed by atoms with Gasteiger partial charge in [-0.3, -0.25) is 4.79 Å². The lowest BCUT2D eigenvalue weighted by molar-refractivity contribution is 0.0920. The summed E-state index contributed by atoms with van der Waals surface area (Å²) in [4.78, 5) is 12.4. The molecule has 0 saturated carbocycles.